The van der Waals surface area contributed by atoms with Crippen molar-refractivity contribution in [3.63, 3.8) is 0 Å². The number of aryl methyl sites for hydroxylation is 2. The summed E-state index contributed by atoms with van der Waals surface area (Å²) in [6.07, 6.45) is 5.00. The average molecular weight is 318 g/mol. The van der Waals surface area contributed by atoms with Gasteiger partial charge in [0, 0.05) is 17.8 Å². The second-order valence-electron chi connectivity index (χ2n) is 6.50. The number of hydrogen-bond acceptors (Lipinski definition) is 3. The van der Waals surface area contributed by atoms with E-state index in [1.54, 1.807) is 0 Å². The smallest absolute Gasteiger partial charge is 0.238 e. The zero-order valence-electron chi connectivity index (χ0n) is 14.6. The van der Waals surface area contributed by atoms with E-state index in [2.05, 4.69) is 49.2 Å². The van der Waals surface area contributed by atoms with Gasteiger partial charge in [-0.2, -0.15) is 0 Å². The summed E-state index contributed by atoms with van der Waals surface area (Å²) in [5.41, 5.74) is 3.35. The van der Waals surface area contributed by atoms with E-state index in [9.17, 15) is 9.90 Å². The lowest BCUT2D eigenvalue weighted by atomic mass is 9.97. The van der Waals surface area contributed by atoms with Crippen LogP contribution in [-0.2, 0) is 17.6 Å². The minimum atomic E-state index is 0.0211. The Labute approximate surface area is 139 Å². The molecule has 2 rings (SSSR count). The first kappa shape index (κ1) is 18.0. The van der Waals surface area contributed by atoms with E-state index < -0.39 is 0 Å². The molecule has 1 aliphatic heterocycles. The molecule has 0 spiro atoms. The Kier molecular flexibility index (Phi) is 6.60. The summed E-state index contributed by atoms with van der Waals surface area (Å²) in [6, 6.07) is 6.67. The number of para-hydroxylation sites is 1. The molecule has 0 radical (unpaired) electrons. The van der Waals surface area contributed by atoms with Crippen molar-refractivity contribution in [3.05, 3.63) is 29.3 Å². The Morgan fingerprint density at radius 3 is 2.48 bits per heavy atom. The predicted octanol–water partition coefficient (Wildman–Crippen LogP) is 2.99. The number of aliphatic hydroxyl groups excluding tert-OH is 1. The molecular weight excluding hydrogens is 288 g/mol. The highest BCUT2D eigenvalue weighted by Crippen LogP contribution is 2.24. The number of nitrogens with zero attached hydrogens (tertiary/aromatic N) is 1. The molecule has 23 heavy (non-hydrogen) atoms. The van der Waals surface area contributed by atoms with Gasteiger partial charge in [-0.15, -0.1) is 0 Å². The van der Waals surface area contributed by atoms with Crippen LogP contribution in [0.4, 0.5) is 5.69 Å². The zero-order chi connectivity index (χ0) is 16.8. The van der Waals surface area contributed by atoms with E-state index in [1.165, 1.54) is 11.1 Å². The molecule has 0 saturated carbocycles. The molecule has 1 amide bonds. The zero-order valence-corrected chi connectivity index (χ0v) is 14.6. The molecule has 2 unspecified atom stereocenters. The van der Waals surface area contributed by atoms with Gasteiger partial charge in [0.1, 0.15) is 0 Å². The second kappa shape index (κ2) is 8.46. The monoisotopic (exact) mass is 318 g/mol. The Balaban J connectivity index is 2.10. The predicted molar refractivity (Wildman–Crippen MR) is 94.7 cm³/mol. The van der Waals surface area contributed by atoms with Gasteiger partial charge in [0.05, 0.1) is 13.2 Å². The van der Waals surface area contributed by atoms with Crippen LogP contribution in [0.5, 0.6) is 0 Å². The molecule has 128 valence electrons. The van der Waals surface area contributed by atoms with Gasteiger partial charge in [-0.25, -0.2) is 0 Å². The number of benzene rings is 1. The minimum Gasteiger partial charge on any atom is -0.395 e. The van der Waals surface area contributed by atoms with Crippen LogP contribution in [0.15, 0.2) is 18.2 Å². The lowest BCUT2D eigenvalue weighted by Crippen LogP contribution is -2.50. The molecule has 1 fully saturated rings. The molecule has 1 aliphatic rings. The fourth-order valence-corrected chi connectivity index (χ4v) is 3.57. The van der Waals surface area contributed by atoms with Crippen molar-refractivity contribution in [2.75, 3.05) is 18.5 Å². The lowest BCUT2D eigenvalue weighted by Gasteiger charge is -2.39. The molecule has 1 aromatic rings. The Hall–Kier alpha value is -1.39. The number of hydrogen-bond donors (Lipinski definition) is 2. The lowest BCUT2D eigenvalue weighted by molar-refractivity contribution is -0.119. The van der Waals surface area contributed by atoms with Crippen molar-refractivity contribution < 1.29 is 9.90 Å². The Bertz CT molecular complexity index is 508. The number of anilines is 1. The first-order valence-corrected chi connectivity index (χ1v) is 8.87. The molecule has 0 aromatic heterocycles. The van der Waals surface area contributed by atoms with Crippen LogP contribution < -0.4 is 5.32 Å². The van der Waals surface area contributed by atoms with Gasteiger partial charge in [0.2, 0.25) is 5.91 Å². The van der Waals surface area contributed by atoms with Crippen molar-refractivity contribution in [1.29, 1.82) is 0 Å². The van der Waals surface area contributed by atoms with Crippen LogP contribution in [0.3, 0.4) is 0 Å². The van der Waals surface area contributed by atoms with Crippen molar-refractivity contribution in [2.45, 2.75) is 65.0 Å². The fourth-order valence-electron chi connectivity index (χ4n) is 3.57. The molecular formula is C19H30N2O2. The van der Waals surface area contributed by atoms with Crippen molar-refractivity contribution >= 4 is 11.6 Å². The summed E-state index contributed by atoms with van der Waals surface area (Å²) < 4.78 is 0. The Morgan fingerprint density at radius 1 is 1.26 bits per heavy atom. The van der Waals surface area contributed by atoms with Crippen molar-refractivity contribution in [2.24, 2.45) is 0 Å². The number of nitrogens with one attached hydrogen (secondary N) is 1. The van der Waals surface area contributed by atoms with Gasteiger partial charge in [-0.3, -0.25) is 9.69 Å². The van der Waals surface area contributed by atoms with Gasteiger partial charge in [0.25, 0.3) is 0 Å². The third kappa shape index (κ3) is 4.33. The summed E-state index contributed by atoms with van der Waals surface area (Å²) in [7, 11) is 0. The number of likely N-dealkylation sites (tertiary alicyclic amines) is 1. The molecule has 0 bridgehead atoms. The van der Waals surface area contributed by atoms with Gasteiger partial charge >= 0.3 is 0 Å². The van der Waals surface area contributed by atoms with Gasteiger partial charge < -0.3 is 10.4 Å². The highest BCUT2D eigenvalue weighted by Gasteiger charge is 2.29. The molecule has 4 nitrogen and oxygen atoms in total. The second-order valence-corrected chi connectivity index (χ2v) is 6.50. The third-order valence-corrected chi connectivity index (χ3v) is 4.99. The van der Waals surface area contributed by atoms with E-state index in [-0.39, 0.29) is 18.6 Å². The number of amides is 1. The maximum absolute atomic E-state index is 12.6. The van der Waals surface area contributed by atoms with E-state index in [4.69, 9.17) is 0 Å². The summed E-state index contributed by atoms with van der Waals surface area (Å²) in [4.78, 5) is 14.7. The number of carbonyl (C=O) groups is 1. The van der Waals surface area contributed by atoms with Crippen molar-refractivity contribution in [1.82, 2.24) is 4.90 Å². The Morgan fingerprint density at radius 2 is 1.91 bits per heavy atom. The molecule has 1 saturated heterocycles. The standard InChI is InChI=1S/C19H30N2O2/c1-4-15-9-7-10-16(5-2)19(15)20-18(23)12-21-14(3)8-6-11-17(21)13-22/h7,9-10,14,17,22H,4-6,8,11-13H2,1-3H3,(H,20,23). The van der Waals surface area contributed by atoms with Crippen LogP contribution in [-0.4, -0.2) is 41.1 Å². The van der Waals surface area contributed by atoms with Crippen LogP contribution in [0.1, 0.15) is 51.2 Å². The summed E-state index contributed by atoms with van der Waals surface area (Å²) >= 11 is 0. The maximum Gasteiger partial charge on any atom is 0.238 e. The topological polar surface area (TPSA) is 52.6 Å². The van der Waals surface area contributed by atoms with E-state index >= 15 is 0 Å². The van der Waals surface area contributed by atoms with Crippen molar-refractivity contribution in [3.8, 4) is 0 Å². The number of aliphatic hydroxyl groups is 1. The van der Waals surface area contributed by atoms with E-state index in [0.29, 0.717) is 12.6 Å². The first-order valence-electron chi connectivity index (χ1n) is 8.87. The van der Waals surface area contributed by atoms with Gasteiger partial charge in [0.15, 0.2) is 0 Å². The summed E-state index contributed by atoms with van der Waals surface area (Å²) in [5.74, 6) is 0.0211. The quantitative estimate of drug-likeness (QED) is 0.848. The summed E-state index contributed by atoms with van der Waals surface area (Å²) in [5, 5.41) is 12.7. The van der Waals surface area contributed by atoms with Crippen LogP contribution in [0.25, 0.3) is 0 Å². The highest BCUT2D eigenvalue weighted by molar-refractivity contribution is 5.94. The third-order valence-electron chi connectivity index (χ3n) is 4.99. The average Bonchev–Trinajstić information content (AvgIpc) is 2.56. The number of carbonyl (C=O) groups excluding carboxylic acids is 1. The van der Waals surface area contributed by atoms with Gasteiger partial charge in [-0.05, 0) is 43.7 Å². The molecule has 0 aliphatic carbocycles. The maximum atomic E-state index is 12.6. The van der Waals surface area contributed by atoms with Crippen LogP contribution >= 0.6 is 0 Å². The van der Waals surface area contributed by atoms with Crippen LogP contribution in [0.2, 0.25) is 0 Å². The molecule has 4 heteroatoms. The van der Waals surface area contributed by atoms with Crippen LogP contribution in [0, 0.1) is 0 Å². The van der Waals surface area contributed by atoms with E-state index in [1.807, 2.05) is 0 Å². The number of rotatable bonds is 6. The van der Waals surface area contributed by atoms with E-state index in [0.717, 1.165) is 37.8 Å². The molecule has 2 atom stereocenters. The van der Waals surface area contributed by atoms with Gasteiger partial charge in [-0.1, -0.05) is 38.5 Å². The molecule has 1 aromatic carbocycles. The first-order chi connectivity index (χ1) is 11.1. The molecule has 1 heterocycles. The normalized spacial score (nSPS) is 22.1. The fraction of sp³-hybridized carbons (Fsp3) is 0.632. The number of piperidine rings is 1. The minimum absolute atomic E-state index is 0.0211. The SMILES string of the molecule is CCc1cccc(CC)c1NC(=O)CN1C(C)CCCC1CO. The molecule has 2 N–H and O–H groups in total. The highest BCUT2D eigenvalue weighted by atomic mass is 16.3. The summed E-state index contributed by atoms with van der Waals surface area (Å²) in [6.45, 7) is 6.85. The largest absolute Gasteiger partial charge is 0.395 e.